The first kappa shape index (κ1) is 13.1. The van der Waals surface area contributed by atoms with Crippen LogP contribution >= 0.6 is 0 Å². The predicted octanol–water partition coefficient (Wildman–Crippen LogP) is 0.190. The highest BCUT2D eigenvalue weighted by atomic mass is 16.5. The van der Waals surface area contributed by atoms with Crippen LogP contribution in [0.1, 0.15) is 11.5 Å². The average molecular weight is 276 g/mol. The van der Waals surface area contributed by atoms with Gasteiger partial charge in [0.25, 0.3) is 0 Å². The van der Waals surface area contributed by atoms with Gasteiger partial charge in [-0.3, -0.25) is 9.59 Å². The van der Waals surface area contributed by atoms with Crippen molar-refractivity contribution in [2.75, 3.05) is 31.2 Å². The van der Waals surface area contributed by atoms with Crippen LogP contribution in [0.15, 0.2) is 24.3 Å². The van der Waals surface area contributed by atoms with Crippen molar-refractivity contribution in [3.63, 3.8) is 0 Å². The molecule has 1 aromatic rings. The Morgan fingerprint density at radius 1 is 1.35 bits per heavy atom. The van der Waals surface area contributed by atoms with E-state index in [-0.39, 0.29) is 12.5 Å². The molecule has 0 aliphatic carbocycles. The van der Waals surface area contributed by atoms with Crippen LogP contribution in [0.3, 0.4) is 0 Å². The molecule has 6 nitrogen and oxygen atoms in total. The van der Waals surface area contributed by atoms with Gasteiger partial charge in [0.2, 0.25) is 5.91 Å². The topological polar surface area (TPSA) is 78.9 Å². The summed E-state index contributed by atoms with van der Waals surface area (Å²) in [6.07, 6.45) is 0. The minimum atomic E-state index is -0.902. The highest BCUT2D eigenvalue weighted by Gasteiger charge is 2.38. The van der Waals surface area contributed by atoms with E-state index in [0.717, 1.165) is 0 Å². The maximum Gasteiger partial charge on any atom is 0.312 e. The quantitative estimate of drug-likeness (QED) is 0.806. The molecule has 0 spiro atoms. The lowest BCUT2D eigenvalue weighted by Gasteiger charge is -2.27. The molecule has 2 aliphatic heterocycles. The molecule has 0 bridgehead atoms. The summed E-state index contributed by atoms with van der Waals surface area (Å²) in [6.45, 7) is 1.74. The van der Waals surface area contributed by atoms with Crippen LogP contribution in [0, 0.1) is 0 Å². The number of hydrogen-bond acceptors (Lipinski definition) is 4. The number of para-hydroxylation sites is 1. The number of morpholine rings is 1. The summed E-state index contributed by atoms with van der Waals surface area (Å²) < 4.78 is 5.30. The maximum absolute atomic E-state index is 12.5. The van der Waals surface area contributed by atoms with Crippen molar-refractivity contribution < 1.29 is 19.4 Å². The molecule has 1 aromatic carbocycles. The molecule has 2 unspecified atom stereocenters. The van der Waals surface area contributed by atoms with Gasteiger partial charge in [-0.15, -0.1) is 0 Å². The number of carbonyl (C=O) groups is 2. The largest absolute Gasteiger partial charge is 0.481 e. The van der Waals surface area contributed by atoms with Gasteiger partial charge in [0.15, 0.2) is 0 Å². The number of nitrogens with one attached hydrogen (secondary N) is 1. The Labute approximate surface area is 116 Å². The fourth-order valence-corrected chi connectivity index (χ4v) is 2.74. The lowest BCUT2D eigenvalue weighted by molar-refractivity contribution is -0.138. The van der Waals surface area contributed by atoms with Crippen LogP contribution in [0.5, 0.6) is 0 Å². The summed E-state index contributed by atoms with van der Waals surface area (Å²) in [7, 11) is 0. The number of fused-ring (bicyclic) bond motifs is 1. The number of carboxylic acid groups (broad SMARTS) is 1. The van der Waals surface area contributed by atoms with Gasteiger partial charge in [-0.2, -0.15) is 0 Å². The van der Waals surface area contributed by atoms with E-state index in [1.165, 1.54) is 0 Å². The van der Waals surface area contributed by atoms with Gasteiger partial charge >= 0.3 is 5.97 Å². The third-order valence-corrected chi connectivity index (χ3v) is 3.75. The Bertz CT molecular complexity index is 540. The SMILES string of the molecule is O=C(O)C1CN(C(=O)C2COCCN2)c2ccccc21. The molecule has 2 N–H and O–H groups in total. The lowest BCUT2D eigenvalue weighted by atomic mass is 10.0. The van der Waals surface area contributed by atoms with Crippen molar-refractivity contribution in [2.45, 2.75) is 12.0 Å². The van der Waals surface area contributed by atoms with E-state index in [0.29, 0.717) is 31.0 Å². The van der Waals surface area contributed by atoms with Gasteiger partial charge < -0.3 is 20.1 Å². The van der Waals surface area contributed by atoms with Gasteiger partial charge in [0.05, 0.1) is 13.2 Å². The summed E-state index contributed by atoms with van der Waals surface area (Å²) in [4.78, 5) is 25.4. The maximum atomic E-state index is 12.5. The third kappa shape index (κ3) is 2.17. The van der Waals surface area contributed by atoms with Crippen LogP contribution in [-0.4, -0.2) is 49.3 Å². The molecule has 106 valence electrons. The van der Waals surface area contributed by atoms with E-state index < -0.39 is 17.9 Å². The summed E-state index contributed by atoms with van der Waals surface area (Å²) >= 11 is 0. The minimum absolute atomic E-state index is 0.124. The van der Waals surface area contributed by atoms with Crippen LogP contribution in [0.4, 0.5) is 5.69 Å². The monoisotopic (exact) mass is 276 g/mol. The van der Waals surface area contributed by atoms with Gasteiger partial charge in [-0.05, 0) is 11.6 Å². The molecular formula is C14H16N2O4. The van der Waals surface area contributed by atoms with E-state index in [1.807, 2.05) is 6.07 Å². The fourth-order valence-electron chi connectivity index (χ4n) is 2.74. The highest BCUT2D eigenvalue weighted by molar-refractivity contribution is 6.01. The smallest absolute Gasteiger partial charge is 0.312 e. The Morgan fingerprint density at radius 2 is 2.15 bits per heavy atom. The van der Waals surface area contributed by atoms with Gasteiger partial charge in [0, 0.05) is 18.8 Å². The number of nitrogens with zero attached hydrogens (tertiary/aromatic N) is 1. The number of carboxylic acids is 1. The average Bonchev–Trinajstić information content (AvgIpc) is 2.87. The van der Waals surface area contributed by atoms with Crippen molar-refractivity contribution in [1.29, 1.82) is 0 Å². The molecule has 1 fully saturated rings. The van der Waals surface area contributed by atoms with Crippen molar-refractivity contribution in [3.8, 4) is 0 Å². The van der Waals surface area contributed by atoms with Gasteiger partial charge in [-0.25, -0.2) is 0 Å². The molecule has 0 aromatic heterocycles. The van der Waals surface area contributed by atoms with E-state index in [9.17, 15) is 14.7 Å². The van der Waals surface area contributed by atoms with E-state index in [4.69, 9.17) is 4.74 Å². The zero-order valence-electron chi connectivity index (χ0n) is 10.9. The normalized spacial score (nSPS) is 25.3. The van der Waals surface area contributed by atoms with Gasteiger partial charge in [0.1, 0.15) is 12.0 Å². The molecule has 0 saturated carbocycles. The Balaban J connectivity index is 1.87. The summed E-state index contributed by atoms with van der Waals surface area (Å²) in [5.74, 6) is -1.68. The number of anilines is 1. The number of amides is 1. The molecule has 20 heavy (non-hydrogen) atoms. The first-order valence-electron chi connectivity index (χ1n) is 6.62. The molecule has 0 radical (unpaired) electrons. The highest BCUT2D eigenvalue weighted by Crippen LogP contribution is 2.36. The third-order valence-electron chi connectivity index (χ3n) is 3.75. The molecule has 3 rings (SSSR count). The van der Waals surface area contributed by atoms with E-state index >= 15 is 0 Å². The number of benzene rings is 1. The number of rotatable bonds is 2. The van der Waals surface area contributed by atoms with Gasteiger partial charge in [-0.1, -0.05) is 18.2 Å². The second kappa shape index (κ2) is 5.22. The van der Waals surface area contributed by atoms with Crippen LogP contribution < -0.4 is 10.2 Å². The van der Waals surface area contributed by atoms with E-state index in [1.54, 1.807) is 23.1 Å². The van der Waals surface area contributed by atoms with Crippen molar-refractivity contribution in [3.05, 3.63) is 29.8 Å². The number of aliphatic carboxylic acids is 1. The molecule has 1 amide bonds. The first-order chi connectivity index (χ1) is 9.68. The Kier molecular flexibility index (Phi) is 3.42. The predicted molar refractivity (Wildman–Crippen MR) is 71.8 cm³/mol. The summed E-state index contributed by atoms with van der Waals surface area (Å²) in [5, 5.41) is 12.4. The molecular weight excluding hydrogens is 260 g/mol. The molecule has 6 heteroatoms. The molecule has 2 aliphatic rings. The standard InChI is InChI=1S/C14H16N2O4/c17-13(11-8-20-6-5-15-11)16-7-10(14(18)19)9-3-1-2-4-12(9)16/h1-4,10-11,15H,5-8H2,(H,18,19). The number of carbonyl (C=O) groups excluding carboxylic acids is 1. The minimum Gasteiger partial charge on any atom is -0.481 e. The number of hydrogen-bond donors (Lipinski definition) is 2. The fraction of sp³-hybridized carbons (Fsp3) is 0.429. The second-order valence-corrected chi connectivity index (χ2v) is 4.98. The molecule has 2 heterocycles. The van der Waals surface area contributed by atoms with E-state index in [2.05, 4.69) is 5.32 Å². The lowest BCUT2D eigenvalue weighted by Crippen LogP contribution is -2.52. The molecule has 2 atom stereocenters. The van der Waals surface area contributed by atoms with Crippen molar-refractivity contribution >= 4 is 17.6 Å². The second-order valence-electron chi connectivity index (χ2n) is 4.98. The summed E-state index contributed by atoms with van der Waals surface area (Å²) in [6, 6.07) is 6.77. The van der Waals surface area contributed by atoms with Crippen molar-refractivity contribution in [2.24, 2.45) is 0 Å². The zero-order chi connectivity index (χ0) is 14.1. The Hall–Kier alpha value is -1.92. The van der Waals surface area contributed by atoms with Crippen LogP contribution in [0.2, 0.25) is 0 Å². The Morgan fingerprint density at radius 3 is 2.85 bits per heavy atom. The van der Waals surface area contributed by atoms with Crippen LogP contribution in [0.25, 0.3) is 0 Å². The molecule has 1 saturated heterocycles. The first-order valence-corrected chi connectivity index (χ1v) is 6.62. The van der Waals surface area contributed by atoms with Crippen molar-refractivity contribution in [1.82, 2.24) is 5.32 Å². The zero-order valence-corrected chi connectivity index (χ0v) is 10.9. The van der Waals surface area contributed by atoms with Crippen LogP contribution in [-0.2, 0) is 14.3 Å². The number of ether oxygens (including phenoxy) is 1. The summed E-state index contributed by atoms with van der Waals surface area (Å²) in [5.41, 5.74) is 1.39.